The quantitative estimate of drug-likeness (QED) is 0.443. The molecule has 1 saturated carbocycles. The second kappa shape index (κ2) is 8.39. The fourth-order valence-corrected chi connectivity index (χ4v) is 4.14. The van der Waals surface area contributed by atoms with Crippen LogP contribution in [-0.4, -0.2) is 23.3 Å². The van der Waals surface area contributed by atoms with Crippen LogP contribution in [0.5, 0.6) is 0 Å². The van der Waals surface area contributed by atoms with Crippen molar-refractivity contribution in [3.05, 3.63) is 34.4 Å². The summed E-state index contributed by atoms with van der Waals surface area (Å²) in [6.45, 7) is 3.29. The van der Waals surface area contributed by atoms with Gasteiger partial charge in [-0.15, -0.1) is 11.8 Å². The van der Waals surface area contributed by atoms with Crippen LogP contribution < -0.4 is 5.32 Å². The molecule has 0 aliphatic heterocycles. The first kappa shape index (κ1) is 16.3. The van der Waals surface area contributed by atoms with E-state index in [0.717, 1.165) is 29.5 Å². The Morgan fingerprint density at radius 2 is 2.19 bits per heavy atom. The SMILES string of the molecule is CCCNC1CCCC1CCSc1ccccc1[N+](=O)[O-]. The Morgan fingerprint density at radius 3 is 2.95 bits per heavy atom. The van der Waals surface area contributed by atoms with Crippen LogP contribution in [0.25, 0.3) is 0 Å². The molecule has 1 fully saturated rings. The molecule has 0 heterocycles. The predicted molar refractivity (Wildman–Crippen MR) is 87.9 cm³/mol. The smallest absolute Gasteiger partial charge is 0.282 e. The molecule has 21 heavy (non-hydrogen) atoms. The average Bonchev–Trinajstić information content (AvgIpc) is 2.93. The van der Waals surface area contributed by atoms with Crippen molar-refractivity contribution < 1.29 is 4.92 Å². The Balaban J connectivity index is 1.82. The molecule has 2 rings (SSSR count). The molecule has 5 heteroatoms. The number of nitro groups is 1. The van der Waals surface area contributed by atoms with Crippen LogP contribution >= 0.6 is 11.8 Å². The Kier molecular flexibility index (Phi) is 6.51. The highest BCUT2D eigenvalue weighted by molar-refractivity contribution is 7.99. The molecule has 0 spiro atoms. The Bertz CT molecular complexity index is 467. The second-order valence-corrected chi connectivity index (χ2v) is 6.75. The van der Waals surface area contributed by atoms with Gasteiger partial charge in [-0.1, -0.05) is 25.5 Å². The first-order valence-corrected chi connectivity index (χ1v) is 8.80. The molecule has 0 bridgehead atoms. The zero-order chi connectivity index (χ0) is 15.1. The minimum Gasteiger partial charge on any atom is -0.314 e. The van der Waals surface area contributed by atoms with Gasteiger partial charge in [-0.05, 0) is 50.0 Å². The van der Waals surface area contributed by atoms with Crippen molar-refractivity contribution in [1.29, 1.82) is 0 Å². The number of hydrogen-bond donors (Lipinski definition) is 1. The van der Waals surface area contributed by atoms with Gasteiger partial charge >= 0.3 is 0 Å². The summed E-state index contributed by atoms with van der Waals surface area (Å²) in [5.74, 6) is 1.69. The summed E-state index contributed by atoms with van der Waals surface area (Å²) >= 11 is 1.62. The standard InChI is InChI=1S/C16H24N2O2S/c1-2-11-17-14-7-5-6-13(14)10-12-21-16-9-4-3-8-15(16)18(19)20/h3-4,8-9,13-14,17H,2,5-7,10-12H2,1H3. The van der Waals surface area contributed by atoms with E-state index in [1.807, 2.05) is 12.1 Å². The van der Waals surface area contributed by atoms with E-state index in [-0.39, 0.29) is 10.6 Å². The van der Waals surface area contributed by atoms with Gasteiger partial charge in [0.2, 0.25) is 0 Å². The highest BCUT2D eigenvalue weighted by atomic mass is 32.2. The van der Waals surface area contributed by atoms with Crippen LogP contribution in [0.15, 0.2) is 29.2 Å². The van der Waals surface area contributed by atoms with E-state index in [9.17, 15) is 10.1 Å². The molecule has 1 N–H and O–H groups in total. The number of nitro benzene ring substituents is 1. The maximum atomic E-state index is 11.0. The predicted octanol–water partition coefficient (Wildman–Crippen LogP) is 4.25. The summed E-state index contributed by atoms with van der Waals surface area (Å²) < 4.78 is 0. The van der Waals surface area contributed by atoms with Crippen molar-refractivity contribution in [2.45, 2.75) is 50.0 Å². The maximum Gasteiger partial charge on any atom is 0.282 e. The molecule has 2 atom stereocenters. The van der Waals surface area contributed by atoms with Crippen LogP contribution in [0.3, 0.4) is 0 Å². The number of benzene rings is 1. The molecular weight excluding hydrogens is 284 g/mol. The van der Waals surface area contributed by atoms with Gasteiger partial charge < -0.3 is 5.32 Å². The van der Waals surface area contributed by atoms with Crippen molar-refractivity contribution >= 4 is 17.4 Å². The van der Waals surface area contributed by atoms with E-state index in [2.05, 4.69) is 12.2 Å². The van der Waals surface area contributed by atoms with Crippen molar-refractivity contribution in [3.8, 4) is 0 Å². The van der Waals surface area contributed by atoms with Crippen LogP contribution in [0.4, 0.5) is 5.69 Å². The summed E-state index contributed by atoms with van der Waals surface area (Å²) in [6.07, 6.45) is 6.19. The fourth-order valence-electron chi connectivity index (χ4n) is 3.03. The van der Waals surface area contributed by atoms with E-state index in [0.29, 0.717) is 6.04 Å². The van der Waals surface area contributed by atoms with Gasteiger partial charge in [0, 0.05) is 12.1 Å². The van der Waals surface area contributed by atoms with Crippen LogP contribution in [0.1, 0.15) is 39.0 Å². The molecule has 0 amide bonds. The van der Waals surface area contributed by atoms with Gasteiger partial charge in [0.25, 0.3) is 5.69 Å². The van der Waals surface area contributed by atoms with E-state index in [1.54, 1.807) is 23.9 Å². The molecule has 1 aliphatic rings. The molecule has 2 unspecified atom stereocenters. The first-order valence-electron chi connectivity index (χ1n) is 7.82. The van der Waals surface area contributed by atoms with E-state index in [4.69, 9.17) is 0 Å². The molecule has 1 aromatic carbocycles. The molecule has 1 aliphatic carbocycles. The molecule has 0 saturated heterocycles. The fraction of sp³-hybridized carbons (Fsp3) is 0.625. The monoisotopic (exact) mass is 308 g/mol. The van der Waals surface area contributed by atoms with Gasteiger partial charge in [0.05, 0.1) is 9.82 Å². The third-order valence-electron chi connectivity index (χ3n) is 4.12. The molecule has 4 nitrogen and oxygen atoms in total. The lowest BCUT2D eigenvalue weighted by atomic mass is 10.0. The lowest BCUT2D eigenvalue weighted by molar-refractivity contribution is -0.387. The Hall–Kier alpha value is -1.07. The summed E-state index contributed by atoms with van der Waals surface area (Å²) in [6, 6.07) is 7.69. The van der Waals surface area contributed by atoms with Crippen LogP contribution in [0.2, 0.25) is 0 Å². The molecule has 1 aromatic rings. The van der Waals surface area contributed by atoms with Crippen LogP contribution in [0, 0.1) is 16.0 Å². The summed E-state index contributed by atoms with van der Waals surface area (Å²) in [5.41, 5.74) is 0.231. The van der Waals surface area contributed by atoms with Gasteiger partial charge in [0.1, 0.15) is 0 Å². The third-order valence-corrected chi connectivity index (χ3v) is 5.22. The number of para-hydroxylation sites is 1. The van der Waals surface area contributed by atoms with Crippen molar-refractivity contribution in [3.63, 3.8) is 0 Å². The van der Waals surface area contributed by atoms with E-state index < -0.39 is 0 Å². The maximum absolute atomic E-state index is 11.0. The lowest BCUT2D eigenvalue weighted by Gasteiger charge is -2.20. The molecular formula is C16H24N2O2S. The Morgan fingerprint density at radius 1 is 1.38 bits per heavy atom. The van der Waals surface area contributed by atoms with Crippen molar-refractivity contribution in [2.24, 2.45) is 5.92 Å². The zero-order valence-corrected chi connectivity index (χ0v) is 13.4. The summed E-state index contributed by atoms with van der Waals surface area (Å²) in [5, 5.41) is 14.6. The number of nitrogens with zero attached hydrogens (tertiary/aromatic N) is 1. The highest BCUT2D eigenvalue weighted by Gasteiger charge is 2.26. The number of thioether (sulfide) groups is 1. The van der Waals surface area contributed by atoms with E-state index >= 15 is 0 Å². The summed E-state index contributed by atoms with van der Waals surface area (Å²) in [7, 11) is 0. The molecule has 0 aromatic heterocycles. The second-order valence-electron chi connectivity index (χ2n) is 5.61. The van der Waals surface area contributed by atoms with E-state index in [1.165, 1.54) is 25.7 Å². The van der Waals surface area contributed by atoms with Crippen molar-refractivity contribution in [2.75, 3.05) is 12.3 Å². The first-order chi connectivity index (χ1) is 10.2. The van der Waals surface area contributed by atoms with Crippen molar-refractivity contribution in [1.82, 2.24) is 5.32 Å². The Labute approximate surface area is 130 Å². The highest BCUT2D eigenvalue weighted by Crippen LogP contribution is 2.33. The van der Waals surface area contributed by atoms with Gasteiger partial charge in [-0.25, -0.2) is 0 Å². The lowest BCUT2D eigenvalue weighted by Crippen LogP contribution is -2.33. The molecule has 116 valence electrons. The zero-order valence-electron chi connectivity index (χ0n) is 12.6. The number of rotatable bonds is 8. The summed E-state index contributed by atoms with van der Waals surface area (Å²) in [4.78, 5) is 11.5. The molecule has 0 radical (unpaired) electrons. The minimum atomic E-state index is -0.288. The minimum absolute atomic E-state index is 0.231. The van der Waals surface area contributed by atoms with Gasteiger partial charge in [0.15, 0.2) is 0 Å². The van der Waals surface area contributed by atoms with Gasteiger partial charge in [-0.2, -0.15) is 0 Å². The largest absolute Gasteiger partial charge is 0.314 e. The average molecular weight is 308 g/mol. The normalized spacial score (nSPS) is 21.6. The number of nitrogens with one attached hydrogen (secondary N) is 1. The number of hydrogen-bond acceptors (Lipinski definition) is 4. The van der Waals surface area contributed by atoms with Crippen LogP contribution in [-0.2, 0) is 0 Å². The van der Waals surface area contributed by atoms with Gasteiger partial charge in [-0.3, -0.25) is 10.1 Å². The third kappa shape index (κ3) is 4.71. The topological polar surface area (TPSA) is 55.2 Å².